The minimum Gasteiger partial charge on any atom is -0.340 e. The molecule has 5 nitrogen and oxygen atoms in total. The zero-order valence-corrected chi connectivity index (χ0v) is 12.3. The van der Waals surface area contributed by atoms with Crippen LogP contribution in [-0.2, 0) is 0 Å². The van der Waals surface area contributed by atoms with Crippen molar-refractivity contribution in [3.8, 4) is 0 Å². The molecule has 2 aromatic heterocycles. The molecule has 0 spiro atoms. The van der Waals surface area contributed by atoms with E-state index in [9.17, 15) is 4.39 Å². The molecule has 1 atom stereocenters. The van der Waals surface area contributed by atoms with Gasteiger partial charge in [-0.1, -0.05) is 0 Å². The maximum absolute atomic E-state index is 12.9. The van der Waals surface area contributed by atoms with Crippen LogP contribution in [0.4, 0.5) is 10.3 Å². The summed E-state index contributed by atoms with van der Waals surface area (Å²) in [5, 5.41) is 0. The highest BCUT2D eigenvalue weighted by molar-refractivity contribution is 9.10. The van der Waals surface area contributed by atoms with Crippen LogP contribution in [0.5, 0.6) is 0 Å². The largest absolute Gasteiger partial charge is 0.340 e. The number of nitrogens with zero attached hydrogens (tertiary/aromatic N) is 5. The summed E-state index contributed by atoms with van der Waals surface area (Å²) >= 11 is 3.33. The van der Waals surface area contributed by atoms with E-state index in [2.05, 4.69) is 40.8 Å². The Morgan fingerprint density at radius 2 is 1.80 bits per heavy atom. The normalized spacial score (nSPS) is 19.1. The second kappa shape index (κ2) is 5.78. The lowest BCUT2D eigenvalue weighted by molar-refractivity contribution is 0.484. The van der Waals surface area contributed by atoms with E-state index in [0.29, 0.717) is 5.95 Å². The van der Waals surface area contributed by atoms with Crippen LogP contribution in [0, 0.1) is 5.82 Å². The summed E-state index contributed by atoms with van der Waals surface area (Å²) in [5.74, 6) is 1.23. The van der Waals surface area contributed by atoms with Gasteiger partial charge in [-0.25, -0.2) is 24.3 Å². The standard InChI is InChI=1S/C13H13BrFN5/c14-10-4-16-12(17-5-10)9-2-1-3-20(8-9)13-18-6-11(15)7-19-13/h4-7,9H,1-3,8H2. The van der Waals surface area contributed by atoms with E-state index in [4.69, 9.17) is 0 Å². The van der Waals surface area contributed by atoms with Gasteiger partial charge in [-0.05, 0) is 28.8 Å². The zero-order valence-electron chi connectivity index (χ0n) is 10.7. The minimum atomic E-state index is -0.418. The average molecular weight is 338 g/mol. The fourth-order valence-corrected chi connectivity index (χ4v) is 2.58. The van der Waals surface area contributed by atoms with Crippen LogP contribution in [-0.4, -0.2) is 33.0 Å². The van der Waals surface area contributed by atoms with Gasteiger partial charge in [0, 0.05) is 31.4 Å². The maximum Gasteiger partial charge on any atom is 0.225 e. The highest BCUT2D eigenvalue weighted by atomic mass is 79.9. The third-order valence-electron chi connectivity index (χ3n) is 3.32. The van der Waals surface area contributed by atoms with Gasteiger partial charge in [0.05, 0.1) is 16.9 Å². The number of rotatable bonds is 2. The van der Waals surface area contributed by atoms with Gasteiger partial charge in [-0.15, -0.1) is 0 Å². The molecule has 1 saturated heterocycles. The van der Waals surface area contributed by atoms with Gasteiger partial charge in [-0.3, -0.25) is 0 Å². The Morgan fingerprint density at radius 3 is 2.50 bits per heavy atom. The molecule has 1 fully saturated rings. The van der Waals surface area contributed by atoms with E-state index >= 15 is 0 Å². The molecule has 1 aliphatic heterocycles. The number of anilines is 1. The van der Waals surface area contributed by atoms with Crippen LogP contribution in [0.15, 0.2) is 29.3 Å². The minimum absolute atomic E-state index is 0.255. The highest BCUT2D eigenvalue weighted by Crippen LogP contribution is 2.26. The van der Waals surface area contributed by atoms with Gasteiger partial charge in [0.2, 0.25) is 5.95 Å². The maximum atomic E-state index is 12.9. The molecule has 3 rings (SSSR count). The molecule has 0 radical (unpaired) electrons. The fraction of sp³-hybridized carbons (Fsp3) is 0.385. The lowest BCUT2D eigenvalue weighted by atomic mass is 9.97. The predicted molar refractivity (Wildman–Crippen MR) is 75.9 cm³/mol. The summed E-state index contributed by atoms with van der Waals surface area (Å²) in [4.78, 5) is 18.8. The topological polar surface area (TPSA) is 54.8 Å². The lowest BCUT2D eigenvalue weighted by Gasteiger charge is -2.31. The summed E-state index contributed by atoms with van der Waals surface area (Å²) in [6.07, 6.45) is 7.97. The number of aromatic nitrogens is 4. The number of hydrogen-bond donors (Lipinski definition) is 0. The fourth-order valence-electron chi connectivity index (χ4n) is 2.37. The second-order valence-corrected chi connectivity index (χ2v) is 5.66. The van der Waals surface area contributed by atoms with Gasteiger partial charge in [0.25, 0.3) is 0 Å². The molecule has 7 heteroatoms. The number of piperidine rings is 1. The Morgan fingerprint density at radius 1 is 1.10 bits per heavy atom. The Labute approximate surface area is 124 Å². The summed E-state index contributed by atoms with van der Waals surface area (Å²) in [6.45, 7) is 1.63. The summed E-state index contributed by atoms with van der Waals surface area (Å²) in [5.41, 5.74) is 0. The molecule has 1 aliphatic rings. The Balaban J connectivity index is 1.76. The lowest BCUT2D eigenvalue weighted by Crippen LogP contribution is -2.36. The van der Waals surface area contributed by atoms with E-state index in [1.54, 1.807) is 12.4 Å². The van der Waals surface area contributed by atoms with E-state index in [1.165, 1.54) is 12.4 Å². The average Bonchev–Trinajstić information content (AvgIpc) is 2.49. The first-order valence-corrected chi connectivity index (χ1v) is 7.21. The van der Waals surface area contributed by atoms with Crippen molar-refractivity contribution < 1.29 is 4.39 Å². The molecule has 0 aliphatic carbocycles. The zero-order chi connectivity index (χ0) is 13.9. The molecule has 20 heavy (non-hydrogen) atoms. The molecule has 104 valence electrons. The molecule has 0 amide bonds. The van der Waals surface area contributed by atoms with Gasteiger partial charge < -0.3 is 4.90 Å². The molecular formula is C13H13BrFN5. The molecule has 2 aromatic rings. The van der Waals surface area contributed by atoms with Crippen molar-refractivity contribution in [1.82, 2.24) is 19.9 Å². The first-order valence-electron chi connectivity index (χ1n) is 6.42. The molecule has 0 N–H and O–H groups in total. The summed E-state index contributed by atoms with van der Waals surface area (Å²) in [7, 11) is 0. The Bertz CT molecular complexity index is 523. The SMILES string of the molecule is Fc1cnc(N2CCCC(c3ncc(Br)cn3)C2)nc1. The van der Waals surface area contributed by atoms with Crippen LogP contribution in [0.25, 0.3) is 0 Å². The van der Waals surface area contributed by atoms with Crippen molar-refractivity contribution in [2.75, 3.05) is 18.0 Å². The first-order chi connectivity index (χ1) is 9.72. The molecule has 3 heterocycles. The van der Waals surface area contributed by atoms with E-state index in [0.717, 1.165) is 36.2 Å². The molecule has 0 saturated carbocycles. The predicted octanol–water partition coefficient (Wildman–Crippen LogP) is 2.55. The second-order valence-electron chi connectivity index (χ2n) is 4.75. The number of hydrogen-bond acceptors (Lipinski definition) is 5. The van der Waals surface area contributed by atoms with Gasteiger partial charge in [-0.2, -0.15) is 0 Å². The van der Waals surface area contributed by atoms with Crippen LogP contribution in [0.1, 0.15) is 24.6 Å². The van der Waals surface area contributed by atoms with Gasteiger partial charge in [0.1, 0.15) is 5.82 Å². The smallest absolute Gasteiger partial charge is 0.225 e. The molecular weight excluding hydrogens is 325 g/mol. The summed E-state index contributed by atoms with van der Waals surface area (Å²) in [6, 6.07) is 0. The Hall–Kier alpha value is -1.63. The Kier molecular flexibility index (Phi) is 3.86. The van der Waals surface area contributed by atoms with Gasteiger partial charge >= 0.3 is 0 Å². The van der Waals surface area contributed by atoms with Crippen LogP contribution in [0.2, 0.25) is 0 Å². The van der Waals surface area contributed by atoms with E-state index < -0.39 is 5.82 Å². The highest BCUT2D eigenvalue weighted by Gasteiger charge is 2.24. The van der Waals surface area contributed by atoms with E-state index in [-0.39, 0.29) is 5.92 Å². The molecule has 1 unspecified atom stereocenters. The number of halogens is 2. The van der Waals surface area contributed by atoms with Crippen LogP contribution < -0.4 is 4.90 Å². The van der Waals surface area contributed by atoms with Gasteiger partial charge in [0.15, 0.2) is 5.82 Å². The van der Waals surface area contributed by atoms with Crippen LogP contribution in [0.3, 0.4) is 0 Å². The molecule has 0 aromatic carbocycles. The van der Waals surface area contributed by atoms with Crippen LogP contribution >= 0.6 is 15.9 Å². The van der Waals surface area contributed by atoms with Crippen molar-refractivity contribution in [3.05, 3.63) is 40.9 Å². The van der Waals surface area contributed by atoms with Crippen molar-refractivity contribution in [1.29, 1.82) is 0 Å². The third kappa shape index (κ3) is 2.92. The third-order valence-corrected chi connectivity index (χ3v) is 3.73. The van der Waals surface area contributed by atoms with Crippen molar-refractivity contribution >= 4 is 21.9 Å². The molecule has 0 bridgehead atoms. The van der Waals surface area contributed by atoms with Crippen molar-refractivity contribution in [2.45, 2.75) is 18.8 Å². The van der Waals surface area contributed by atoms with E-state index in [1.807, 2.05) is 0 Å². The monoisotopic (exact) mass is 337 g/mol. The quantitative estimate of drug-likeness (QED) is 0.842. The van der Waals surface area contributed by atoms with Crippen molar-refractivity contribution in [3.63, 3.8) is 0 Å². The van der Waals surface area contributed by atoms with Crippen molar-refractivity contribution in [2.24, 2.45) is 0 Å². The first kappa shape index (κ1) is 13.4. The summed E-state index contributed by atoms with van der Waals surface area (Å²) < 4.78 is 13.7.